The molecule has 3 nitrogen and oxygen atoms in total. The molecule has 0 spiro atoms. The summed E-state index contributed by atoms with van der Waals surface area (Å²) in [6.45, 7) is 0.439. The van der Waals surface area contributed by atoms with Crippen molar-refractivity contribution in [1.82, 2.24) is 0 Å². The Kier molecular flexibility index (Phi) is 3.72. The Morgan fingerprint density at radius 3 is 2.28 bits per heavy atom. The zero-order valence-electron chi connectivity index (χ0n) is 9.67. The van der Waals surface area contributed by atoms with Crippen molar-refractivity contribution in [2.24, 2.45) is 0 Å². The first-order valence-corrected chi connectivity index (χ1v) is 5.51. The number of nitrogens with zero attached hydrogens (tertiary/aromatic N) is 1. The first-order chi connectivity index (χ1) is 8.81. The summed E-state index contributed by atoms with van der Waals surface area (Å²) in [6.07, 6.45) is 0. The number of carbonyl (C=O) groups excluding carboxylic acids is 1. The van der Waals surface area contributed by atoms with E-state index in [0.29, 0.717) is 17.7 Å². The van der Waals surface area contributed by atoms with Crippen LogP contribution in [0.1, 0.15) is 21.5 Å². The van der Waals surface area contributed by atoms with Gasteiger partial charge in [-0.1, -0.05) is 36.4 Å². The number of benzene rings is 2. The summed E-state index contributed by atoms with van der Waals surface area (Å²) >= 11 is 0. The molecule has 0 saturated carbocycles. The van der Waals surface area contributed by atoms with Gasteiger partial charge in [-0.2, -0.15) is 5.26 Å². The van der Waals surface area contributed by atoms with Crippen molar-refractivity contribution in [3.05, 3.63) is 71.3 Å². The van der Waals surface area contributed by atoms with Gasteiger partial charge in [-0.3, -0.25) is 0 Å². The molecule has 0 aliphatic carbocycles. The topological polar surface area (TPSA) is 50.1 Å². The molecule has 0 radical (unpaired) electrons. The molecule has 0 amide bonds. The Morgan fingerprint density at radius 1 is 1.00 bits per heavy atom. The predicted octanol–water partition coefficient (Wildman–Crippen LogP) is 2.92. The van der Waals surface area contributed by atoms with E-state index in [1.807, 2.05) is 42.5 Å². The highest BCUT2D eigenvalue weighted by molar-refractivity contribution is 5.93. The molecule has 0 saturated heterocycles. The smallest absolute Gasteiger partial charge is 0.338 e. The Labute approximate surface area is 105 Å². The molecule has 3 rings (SSSR count). The van der Waals surface area contributed by atoms with Crippen LogP contribution in [0, 0.1) is 11.3 Å². The van der Waals surface area contributed by atoms with Crippen LogP contribution in [0.25, 0.3) is 0 Å². The van der Waals surface area contributed by atoms with Gasteiger partial charge in [-0.05, 0) is 18.2 Å². The third-order valence-corrected chi connectivity index (χ3v) is 2.50. The van der Waals surface area contributed by atoms with E-state index in [9.17, 15) is 4.79 Å². The molecule has 0 fully saturated rings. The van der Waals surface area contributed by atoms with Gasteiger partial charge in [-0.25, -0.2) is 4.79 Å². The van der Waals surface area contributed by atoms with Gasteiger partial charge in [0.25, 0.3) is 0 Å². The zero-order valence-corrected chi connectivity index (χ0v) is 9.67. The van der Waals surface area contributed by atoms with E-state index in [1.54, 1.807) is 18.2 Å². The average Bonchev–Trinajstić information content (AvgIpc) is 2.83. The van der Waals surface area contributed by atoms with Crippen molar-refractivity contribution in [3.63, 3.8) is 0 Å². The van der Waals surface area contributed by atoms with Gasteiger partial charge in [0.15, 0.2) is 0 Å². The van der Waals surface area contributed by atoms with Crippen LogP contribution >= 0.6 is 0 Å². The second kappa shape index (κ2) is 5.65. The average molecular weight is 237 g/mol. The molecule has 2 aromatic carbocycles. The van der Waals surface area contributed by atoms with Gasteiger partial charge in [0.2, 0.25) is 0 Å². The van der Waals surface area contributed by atoms with E-state index in [4.69, 9.17) is 10.00 Å². The molecular weight excluding hydrogens is 226 g/mol. The number of hydrogen-bond donors (Lipinski definition) is 0. The number of esters is 1. The van der Waals surface area contributed by atoms with E-state index in [1.165, 1.54) is 0 Å². The van der Waals surface area contributed by atoms with Crippen LogP contribution < -0.4 is 0 Å². The van der Waals surface area contributed by atoms with Crippen LogP contribution in [0.5, 0.6) is 0 Å². The van der Waals surface area contributed by atoms with Crippen LogP contribution in [-0.2, 0) is 11.3 Å². The number of rotatable bonds is 0. The van der Waals surface area contributed by atoms with Gasteiger partial charge < -0.3 is 4.74 Å². The molecule has 1 aliphatic rings. The lowest BCUT2D eigenvalue weighted by atomic mass is 10.1. The molecule has 18 heavy (non-hydrogen) atoms. The van der Waals surface area contributed by atoms with E-state index < -0.39 is 0 Å². The fraction of sp³-hybridized carbons (Fsp3) is 0.0667. The number of carbonyl (C=O) groups is 1. The standard InChI is InChI=1S/C8H6O2.C7H5N/c9-8-7-4-2-1-3-6(7)5-10-8;8-6-7-4-2-1-3-5-7/h1-4H,5H2;1-5H. The van der Waals surface area contributed by atoms with Crippen LogP contribution in [0.3, 0.4) is 0 Å². The predicted molar refractivity (Wildman–Crippen MR) is 66.7 cm³/mol. The highest BCUT2D eigenvalue weighted by Gasteiger charge is 2.18. The molecule has 0 aromatic heterocycles. The summed E-state index contributed by atoms with van der Waals surface area (Å²) in [5.41, 5.74) is 2.42. The molecule has 1 aliphatic heterocycles. The summed E-state index contributed by atoms with van der Waals surface area (Å²) in [7, 11) is 0. The Morgan fingerprint density at radius 2 is 1.67 bits per heavy atom. The highest BCUT2D eigenvalue weighted by Crippen LogP contribution is 2.18. The summed E-state index contributed by atoms with van der Waals surface area (Å²) in [5.74, 6) is -0.199. The Balaban J connectivity index is 0.000000138. The number of nitriles is 1. The maximum absolute atomic E-state index is 10.8. The highest BCUT2D eigenvalue weighted by atomic mass is 16.5. The number of hydrogen-bond acceptors (Lipinski definition) is 3. The maximum atomic E-state index is 10.8. The largest absolute Gasteiger partial charge is 0.457 e. The van der Waals surface area contributed by atoms with Gasteiger partial charge in [0.1, 0.15) is 6.61 Å². The fourth-order valence-electron chi connectivity index (χ4n) is 1.58. The number of ether oxygens (including phenoxy) is 1. The van der Waals surface area contributed by atoms with Crippen LogP contribution in [-0.4, -0.2) is 5.97 Å². The Hall–Kier alpha value is -2.60. The third-order valence-electron chi connectivity index (χ3n) is 2.50. The van der Waals surface area contributed by atoms with Gasteiger partial charge in [0, 0.05) is 5.56 Å². The van der Waals surface area contributed by atoms with E-state index >= 15 is 0 Å². The summed E-state index contributed by atoms with van der Waals surface area (Å²) in [6, 6.07) is 18.6. The minimum Gasteiger partial charge on any atom is -0.457 e. The lowest BCUT2D eigenvalue weighted by molar-refractivity contribution is 0.0535. The second-order valence-corrected chi connectivity index (χ2v) is 3.71. The first kappa shape index (κ1) is 11.9. The normalized spacial score (nSPS) is 11.6. The lowest BCUT2D eigenvalue weighted by Gasteiger charge is -1.87. The van der Waals surface area contributed by atoms with Crippen LogP contribution in [0.4, 0.5) is 0 Å². The minimum absolute atomic E-state index is 0.199. The van der Waals surface area contributed by atoms with Crippen molar-refractivity contribution in [1.29, 1.82) is 5.26 Å². The molecule has 0 N–H and O–H groups in total. The van der Waals surface area contributed by atoms with Crippen molar-refractivity contribution in [2.75, 3.05) is 0 Å². The molecule has 88 valence electrons. The monoisotopic (exact) mass is 237 g/mol. The number of cyclic esters (lactones) is 1. The minimum atomic E-state index is -0.199. The summed E-state index contributed by atoms with van der Waals surface area (Å²) in [5, 5.41) is 8.29. The quantitative estimate of drug-likeness (QED) is 0.662. The first-order valence-electron chi connectivity index (χ1n) is 5.51. The molecule has 2 aromatic rings. The van der Waals surface area contributed by atoms with E-state index in [0.717, 1.165) is 5.56 Å². The van der Waals surface area contributed by atoms with Crippen molar-refractivity contribution in [3.8, 4) is 6.07 Å². The lowest BCUT2D eigenvalue weighted by Crippen LogP contribution is -1.91. The van der Waals surface area contributed by atoms with E-state index in [2.05, 4.69) is 0 Å². The molecule has 0 unspecified atom stereocenters. The van der Waals surface area contributed by atoms with Gasteiger partial charge >= 0.3 is 5.97 Å². The molecule has 0 atom stereocenters. The fourth-order valence-corrected chi connectivity index (χ4v) is 1.58. The van der Waals surface area contributed by atoms with Crippen LogP contribution in [0.2, 0.25) is 0 Å². The van der Waals surface area contributed by atoms with Gasteiger partial charge in [-0.15, -0.1) is 0 Å². The van der Waals surface area contributed by atoms with E-state index in [-0.39, 0.29) is 5.97 Å². The van der Waals surface area contributed by atoms with Crippen molar-refractivity contribution in [2.45, 2.75) is 6.61 Å². The SMILES string of the molecule is N#Cc1ccccc1.O=C1OCc2ccccc21. The molecular formula is C15H11NO2. The van der Waals surface area contributed by atoms with Crippen molar-refractivity contribution >= 4 is 5.97 Å². The van der Waals surface area contributed by atoms with Gasteiger partial charge in [0.05, 0.1) is 17.2 Å². The molecule has 3 heteroatoms. The molecule has 0 bridgehead atoms. The number of fused-ring (bicyclic) bond motifs is 1. The third kappa shape index (κ3) is 2.74. The zero-order chi connectivity index (χ0) is 12.8. The van der Waals surface area contributed by atoms with Crippen LogP contribution in [0.15, 0.2) is 54.6 Å². The summed E-state index contributed by atoms with van der Waals surface area (Å²) in [4.78, 5) is 10.8. The summed E-state index contributed by atoms with van der Waals surface area (Å²) < 4.78 is 4.78. The molecule has 1 heterocycles. The second-order valence-electron chi connectivity index (χ2n) is 3.71. The Bertz CT molecular complexity index is 585. The van der Waals surface area contributed by atoms with Crippen molar-refractivity contribution < 1.29 is 9.53 Å². The maximum Gasteiger partial charge on any atom is 0.338 e.